The average Bonchev–Trinajstić information content (AvgIpc) is 3.18. The third-order valence-electron chi connectivity index (χ3n) is 6.75. The number of rotatable bonds is 1. The number of ether oxygens (including phenoxy) is 2. The minimum atomic E-state index is -0.929. The first-order valence-corrected chi connectivity index (χ1v) is 10.9. The zero-order chi connectivity index (χ0) is 22.7. The van der Waals surface area contributed by atoms with Crippen molar-refractivity contribution in [3.63, 3.8) is 0 Å². The maximum absolute atomic E-state index is 14.6. The largest absolute Gasteiger partial charge is 0.458 e. The van der Waals surface area contributed by atoms with Crippen molar-refractivity contribution >= 4 is 29.7 Å². The lowest BCUT2D eigenvalue weighted by atomic mass is 9.85. The van der Waals surface area contributed by atoms with Crippen molar-refractivity contribution in [1.29, 1.82) is 0 Å². The summed E-state index contributed by atoms with van der Waals surface area (Å²) in [6.07, 6.45) is 1.73. The highest BCUT2D eigenvalue weighted by molar-refractivity contribution is 7.77. The molecule has 2 aromatic heterocycles. The molecule has 1 aromatic carbocycles. The second-order valence-electron chi connectivity index (χ2n) is 8.21. The fourth-order valence-electron chi connectivity index (χ4n) is 5.27. The molecule has 1 unspecified atom stereocenters. The second-order valence-corrected chi connectivity index (χ2v) is 8.21. The molecule has 0 fully saturated rings. The maximum atomic E-state index is 14.6. The van der Waals surface area contributed by atoms with Crippen LogP contribution in [0.15, 0.2) is 16.9 Å². The molecule has 3 aliphatic rings. The Morgan fingerprint density at radius 1 is 1.19 bits per heavy atom. The molecule has 0 saturated carbocycles. The van der Waals surface area contributed by atoms with Gasteiger partial charge < -0.3 is 14.0 Å². The van der Waals surface area contributed by atoms with Gasteiger partial charge in [0.2, 0.25) is 0 Å². The number of pyridine rings is 2. The molecule has 0 radical (unpaired) electrons. The van der Waals surface area contributed by atoms with Gasteiger partial charge in [0, 0.05) is 29.7 Å². The number of nitrogens with zero attached hydrogens (tertiary/aromatic N) is 2. The number of fused-ring (bicyclic) bond motifs is 5. The predicted octanol–water partition coefficient (Wildman–Crippen LogP) is 2.90. The summed E-state index contributed by atoms with van der Waals surface area (Å²) in [5, 5.41) is 5.23. The van der Waals surface area contributed by atoms with E-state index >= 15 is 0 Å². The van der Waals surface area contributed by atoms with Crippen molar-refractivity contribution in [3.8, 4) is 11.4 Å². The summed E-state index contributed by atoms with van der Waals surface area (Å²) < 4.78 is 26.7. The molecular formula is C23H22FN3O4S. The number of halogens is 1. The van der Waals surface area contributed by atoms with Crippen molar-refractivity contribution in [3.05, 3.63) is 61.7 Å². The molecule has 9 heteroatoms. The minimum absolute atomic E-state index is 0.0553. The lowest BCUT2D eigenvalue weighted by Crippen LogP contribution is -2.33. The van der Waals surface area contributed by atoms with Crippen molar-refractivity contribution in [2.75, 3.05) is 7.11 Å². The van der Waals surface area contributed by atoms with Gasteiger partial charge in [0.25, 0.3) is 5.56 Å². The third-order valence-corrected chi connectivity index (χ3v) is 6.75. The fraction of sp³-hybridized carbons (Fsp3) is 0.348. The molecule has 6 rings (SSSR count). The van der Waals surface area contributed by atoms with Crippen LogP contribution < -0.4 is 10.7 Å². The quantitative estimate of drug-likeness (QED) is 0.339. The fourth-order valence-corrected chi connectivity index (χ4v) is 5.27. The van der Waals surface area contributed by atoms with E-state index in [1.165, 1.54) is 13.2 Å². The third kappa shape index (κ3) is 2.78. The molecule has 0 amide bonds. The summed E-state index contributed by atoms with van der Waals surface area (Å²) in [5.74, 6) is -0.753. The predicted molar refractivity (Wildman–Crippen MR) is 120 cm³/mol. The van der Waals surface area contributed by atoms with E-state index < -0.39 is 12.1 Å². The Hall–Kier alpha value is -2.75. The topological polar surface area (TPSA) is 96.4 Å². The standard InChI is InChI=1S/C23H19FN2O4.H3NS/c1-10-11-4-3-5-12-14-8-26-18(20(14)25-17(19(11)12)7-16(10)24)6-13-15(22(26)27)9-30-23(28)21(13)29-2;1-2/h6-7,21H,3-5,8-9H2,1-2H3;2H,1H2. The lowest BCUT2D eigenvalue weighted by Gasteiger charge is -2.24. The van der Waals surface area contributed by atoms with E-state index in [4.69, 9.17) is 14.5 Å². The second kappa shape index (κ2) is 7.68. The molecule has 1 atom stereocenters. The number of nitrogens with two attached hydrogens (primary N) is 1. The van der Waals surface area contributed by atoms with Crippen LogP contribution in [0.4, 0.5) is 4.39 Å². The van der Waals surface area contributed by atoms with E-state index in [0.29, 0.717) is 40.1 Å². The molecule has 1 aliphatic carbocycles. The van der Waals surface area contributed by atoms with E-state index in [2.05, 4.69) is 18.0 Å². The van der Waals surface area contributed by atoms with E-state index in [1.54, 1.807) is 4.57 Å². The molecule has 166 valence electrons. The van der Waals surface area contributed by atoms with Crippen LogP contribution in [0.1, 0.15) is 45.9 Å². The van der Waals surface area contributed by atoms with Crippen LogP contribution in [-0.4, -0.2) is 22.6 Å². The Morgan fingerprint density at radius 3 is 2.69 bits per heavy atom. The van der Waals surface area contributed by atoms with Gasteiger partial charge in [-0.25, -0.2) is 14.2 Å². The smallest absolute Gasteiger partial charge is 0.340 e. The molecule has 7 nitrogen and oxygen atoms in total. The number of thiol groups is 1. The van der Waals surface area contributed by atoms with Gasteiger partial charge in [-0.3, -0.25) is 9.93 Å². The van der Waals surface area contributed by atoms with Crippen LogP contribution in [0.3, 0.4) is 0 Å². The minimum Gasteiger partial charge on any atom is -0.458 e. The van der Waals surface area contributed by atoms with Gasteiger partial charge in [-0.1, -0.05) is 0 Å². The molecule has 4 heterocycles. The molecule has 2 N–H and O–H groups in total. The summed E-state index contributed by atoms with van der Waals surface area (Å²) >= 11 is 3.03. The number of cyclic esters (lactones) is 1. The van der Waals surface area contributed by atoms with E-state index in [0.717, 1.165) is 41.3 Å². The molecule has 0 spiro atoms. The number of carbonyl (C=O) groups excluding carboxylic acids is 1. The summed E-state index contributed by atoms with van der Waals surface area (Å²) in [6.45, 7) is 2.19. The summed E-state index contributed by atoms with van der Waals surface area (Å²) in [7, 11) is 1.42. The Balaban J connectivity index is 0.00000105. The van der Waals surface area contributed by atoms with E-state index in [9.17, 15) is 14.0 Å². The normalized spacial score (nSPS) is 17.8. The van der Waals surface area contributed by atoms with Crippen molar-refractivity contribution < 1.29 is 18.7 Å². The maximum Gasteiger partial charge on any atom is 0.340 e. The Labute approximate surface area is 188 Å². The van der Waals surface area contributed by atoms with Gasteiger partial charge in [-0.05, 0) is 48.9 Å². The summed E-state index contributed by atoms with van der Waals surface area (Å²) in [4.78, 5) is 30.2. The van der Waals surface area contributed by atoms with Crippen LogP contribution in [-0.2, 0) is 40.3 Å². The van der Waals surface area contributed by atoms with Crippen molar-refractivity contribution in [1.82, 2.24) is 9.55 Å². The van der Waals surface area contributed by atoms with E-state index in [-0.39, 0.29) is 18.0 Å². The van der Waals surface area contributed by atoms with Gasteiger partial charge >= 0.3 is 5.97 Å². The Morgan fingerprint density at radius 2 is 1.94 bits per heavy atom. The number of hydrogen-bond acceptors (Lipinski definition) is 7. The zero-order valence-electron chi connectivity index (χ0n) is 17.7. The number of carbonyl (C=O) groups is 1. The molecule has 3 aromatic rings. The molecule has 0 saturated heterocycles. The average molecular weight is 456 g/mol. The van der Waals surface area contributed by atoms with Crippen LogP contribution in [0, 0.1) is 12.7 Å². The van der Waals surface area contributed by atoms with Crippen molar-refractivity contribution in [2.45, 2.75) is 45.4 Å². The highest BCUT2D eigenvalue weighted by Gasteiger charge is 2.36. The number of benzene rings is 1. The first-order valence-electron chi connectivity index (χ1n) is 10.3. The van der Waals surface area contributed by atoms with Gasteiger partial charge in [0.1, 0.15) is 12.4 Å². The SMILES string of the molecule is COC1C(=O)OCc2c1cc1n(c2=O)Cc2c-1nc1cc(F)c(C)c3c1c2CCC3.NS. The number of methoxy groups -OCH3 is 1. The molecule has 0 bridgehead atoms. The van der Waals surface area contributed by atoms with Gasteiger partial charge in [0.15, 0.2) is 6.10 Å². The van der Waals surface area contributed by atoms with Crippen LogP contribution in [0.2, 0.25) is 0 Å². The molecular weight excluding hydrogens is 433 g/mol. The van der Waals surface area contributed by atoms with Crippen LogP contribution >= 0.6 is 12.8 Å². The van der Waals surface area contributed by atoms with Crippen molar-refractivity contribution in [2.24, 2.45) is 5.14 Å². The summed E-state index contributed by atoms with van der Waals surface area (Å²) in [6, 6.07) is 3.31. The summed E-state index contributed by atoms with van der Waals surface area (Å²) in [5.41, 5.74) is 6.66. The number of aromatic nitrogens is 2. The van der Waals surface area contributed by atoms with Gasteiger partial charge in [0.05, 0.1) is 29.0 Å². The Kier molecular flexibility index (Phi) is 5.07. The van der Waals surface area contributed by atoms with Crippen LogP contribution in [0.5, 0.6) is 0 Å². The monoisotopic (exact) mass is 455 g/mol. The highest BCUT2D eigenvalue weighted by atomic mass is 32.1. The Bertz CT molecular complexity index is 1370. The first-order chi connectivity index (χ1) is 15.5. The zero-order valence-corrected chi connectivity index (χ0v) is 18.6. The van der Waals surface area contributed by atoms with E-state index in [1.807, 2.05) is 13.0 Å². The molecule has 2 aliphatic heterocycles. The van der Waals surface area contributed by atoms with Gasteiger partial charge in [-0.15, -0.1) is 12.8 Å². The number of hydrogen-bond donors (Lipinski definition) is 2. The van der Waals surface area contributed by atoms with Crippen LogP contribution in [0.25, 0.3) is 22.3 Å². The number of esters is 1. The highest BCUT2D eigenvalue weighted by Crippen LogP contribution is 2.42. The first kappa shape index (κ1) is 21.1. The van der Waals surface area contributed by atoms with Gasteiger partial charge in [-0.2, -0.15) is 0 Å². The lowest BCUT2D eigenvalue weighted by molar-refractivity contribution is -0.159. The molecule has 32 heavy (non-hydrogen) atoms. The number of aryl methyl sites for hydroxylation is 2.